The van der Waals surface area contributed by atoms with Crippen molar-refractivity contribution in [3.8, 4) is 0 Å². The van der Waals surface area contributed by atoms with Gasteiger partial charge in [0.05, 0.1) is 0 Å². The van der Waals surface area contributed by atoms with Gasteiger partial charge >= 0.3 is 0 Å². The molecule has 0 aliphatic carbocycles. The lowest BCUT2D eigenvalue weighted by atomic mass is 10.2. The van der Waals surface area contributed by atoms with Crippen molar-refractivity contribution in [1.29, 1.82) is 0 Å². The Morgan fingerprint density at radius 3 is 2.60 bits per heavy atom. The minimum absolute atomic E-state index is 0.721. The van der Waals surface area contributed by atoms with E-state index >= 15 is 0 Å². The predicted molar refractivity (Wildman–Crippen MR) is 72.6 cm³/mol. The Morgan fingerprint density at radius 2 is 2.00 bits per heavy atom. The summed E-state index contributed by atoms with van der Waals surface area (Å²) in [4.78, 5) is 1.35. The molecule has 1 atom stereocenters. The largest absolute Gasteiger partial charge is 0.317 e. The Bertz CT molecular complexity index is 273. The third-order valence-electron chi connectivity index (χ3n) is 2.09. The number of thioether (sulfide) groups is 1. The van der Waals surface area contributed by atoms with Crippen LogP contribution in [0, 0.1) is 5.92 Å². The number of hydrogen-bond donors (Lipinski definition) is 1. The maximum Gasteiger partial charge on any atom is 0.0176 e. The zero-order chi connectivity index (χ0) is 11.1. The van der Waals surface area contributed by atoms with Crippen molar-refractivity contribution >= 4 is 27.7 Å². The molecule has 1 aromatic rings. The Morgan fingerprint density at radius 1 is 1.33 bits per heavy atom. The van der Waals surface area contributed by atoms with Gasteiger partial charge in [0, 0.05) is 15.1 Å². The van der Waals surface area contributed by atoms with Crippen molar-refractivity contribution < 1.29 is 0 Å². The van der Waals surface area contributed by atoms with Gasteiger partial charge in [-0.1, -0.05) is 29.8 Å². The molecule has 1 unspecified atom stereocenters. The molecule has 0 aliphatic rings. The topological polar surface area (TPSA) is 12.0 Å². The molecule has 1 aromatic carbocycles. The van der Waals surface area contributed by atoms with Gasteiger partial charge in [-0.15, -0.1) is 11.8 Å². The average Bonchev–Trinajstić information content (AvgIpc) is 2.25. The Hall–Kier alpha value is 0.01000. The summed E-state index contributed by atoms with van der Waals surface area (Å²) in [6.07, 6.45) is 0. The molecule has 0 spiro atoms. The predicted octanol–water partition coefficient (Wildman–Crippen LogP) is 3.79. The SMILES string of the molecule is CCNCC(C)CSc1ccc(Br)cc1. The zero-order valence-electron chi connectivity index (χ0n) is 9.29. The minimum atomic E-state index is 0.721. The number of nitrogens with one attached hydrogen (secondary N) is 1. The smallest absolute Gasteiger partial charge is 0.0176 e. The summed E-state index contributed by atoms with van der Waals surface area (Å²) in [5.74, 6) is 1.90. The van der Waals surface area contributed by atoms with Crippen LogP contribution in [0.1, 0.15) is 13.8 Å². The summed E-state index contributed by atoms with van der Waals surface area (Å²) < 4.78 is 1.15. The molecule has 1 rings (SSSR count). The van der Waals surface area contributed by atoms with Crippen molar-refractivity contribution in [3.05, 3.63) is 28.7 Å². The second-order valence-electron chi connectivity index (χ2n) is 3.68. The van der Waals surface area contributed by atoms with Crippen LogP contribution in [0.5, 0.6) is 0 Å². The van der Waals surface area contributed by atoms with E-state index in [-0.39, 0.29) is 0 Å². The minimum Gasteiger partial charge on any atom is -0.317 e. The van der Waals surface area contributed by atoms with Crippen molar-refractivity contribution in [3.63, 3.8) is 0 Å². The lowest BCUT2D eigenvalue weighted by Crippen LogP contribution is -2.21. The van der Waals surface area contributed by atoms with Crippen LogP contribution < -0.4 is 5.32 Å². The number of halogens is 1. The van der Waals surface area contributed by atoms with Crippen molar-refractivity contribution in [1.82, 2.24) is 5.32 Å². The van der Waals surface area contributed by atoms with Gasteiger partial charge in [-0.3, -0.25) is 0 Å². The highest BCUT2D eigenvalue weighted by atomic mass is 79.9. The molecule has 84 valence electrons. The molecule has 0 fully saturated rings. The molecule has 0 radical (unpaired) electrons. The highest BCUT2D eigenvalue weighted by Crippen LogP contribution is 2.22. The van der Waals surface area contributed by atoms with Gasteiger partial charge in [0.1, 0.15) is 0 Å². The lowest BCUT2D eigenvalue weighted by Gasteiger charge is -2.11. The van der Waals surface area contributed by atoms with Crippen LogP contribution in [0.3, 0.4) is 0 Å². The van der Waals surface area contributed by atoms with Gasteiger partial charge in [0.15, 0.2) is 0 Å². The van der Waals surface area contributed by atoms with Gasteiger partial charge in [-0.05, 0) is 43.3 Å². The fourth-order valence-corrected chi connectivity index (χ4v) is 2.41. The van der Waals surface area contributed by atoms with Crippen LogP contribution in [0.2, 0.25) is 0 Å². The van der Waals surface area contributed by atoms with Crippen molar-refractivity contribution in [2.45, 2.75) is 18.7 Å². The van der Waals surface area contributed by atoms with Gasteiger partial charge in [-0.25, -0.2) is 0 Å². The fraction of sp³-hybridized carbons (Fsp3) is 0.500. The van der Waals surface area contributed by atoms with Crippen LogP contribution in [-0.4, -0.2) is 18.8 Å². The van der Waals surface area contributed by atoms with E-state index in [4.69, 9.17) is 0 Å². The Labute approximate surface area is 105 Å². The molecular weight excluding hydrogens is 270 g/mol. The highest BCUT2D eigenvalue weighted by molar-refractivity contribution is 9.10. The van der Waals surface area contributed by atoms with Crippen LogP contribution in [-0.2, 0) is 0 Å². The number of hydrogen-bond acceptors (Lipinski definition) is 2. The first-order valence-electron chi connectivity index (χ1n) is 5.31. The molecule has 1 N–H and O–H groups in total. The molecule has 0 aromatic heterocycles. The van der Waals surface area contributed by atoms with E-state index in [0.29, 0.717) is 0 Å². The van der Waals surface area contributed by atoms with E-state index in [1.807, 2.05) is 11.8 Å². The summed E-state index contributed by atoms with van der Waals surface area (Å²) in [5.41, 5.74) is 0. The maximum atomic E-state index is 3.44. The summed E-state index contributed by atoms with van der Waals surface area (Å²) >= 11 is 5.37. The molecule has 1 nitrogen and oxygen atoms in total. The summed E-state index contributed by atoms with van der Waals surface area (Å²) in [6.45, 7) is 6.61. The third kappa shape index (κ3) is 5.59. The molecule has 0 saturated carbocycles. The second-order valence-corrected chi connectivity index (χ2v) is 5.69. The monoisotopic (exact) mass is 287 g/mol. The molecule has 0 amide bonds. The Kier molecular flexibility index (Phi) is 6.37. The molecule has 15 heavy (non-hydrogen) atoms. The lowest BCUT2D eigenvalue weighted by molar-refractivity contribution is 0.574. The van der Waals surface area contributed by atoms with Crippen LogP contribution >= 0.6 is 27.7 Å². The molecular formula is C12H18BrNS. The molecule has 0 aliphatic heterocycles. The van der Waals surface area contributed by atoms with Gasteiger partial charge < -0.3 is 5.32 Å². The number of rotatable bonds is 6. The van der Waals surface area contributed by atoms with Crippen molar-refractivity contribution in [2.24, 2.45) is 5.92 Å². The van der Waals surface area contributed by atoms with Gasteiger partial charge in [0.2, 0.25) is 0 Å². The summed E-state index contributed by atoms with van der Waals surface area (Å²) in [5, 5.41) is 3.37. The summed E-state index contributed by atoms with van der Waals surface area (Å²) in [7, 11) is 0. The standard InChI is InChI=1S/C12H18BrNS/c1-3-14-8-10(2)9-15-12-6-4-11(13)5-7-12/h4-7,10,14H,3,8-9H2,1-2H3. The van der Waals surface area contributed by atoms with E-state index in [1.54, 1.807) is 0 Å². The molecule has 0 saturated heterocycles. The highest BCUT2D eigenvalue weighted by Gasteiger charge is 2.02. The molecule has 0 bridgehead atoms. The third-order valence-corrected chi connectivity index (χ3v) is 3.96. The quantitative estimate of drug-likeness (QED) is 0.799. The first-order chi connectivity index (χ1) is 7.22. The number of benzene rings is 1. The van der Waals surface area contributed by atoms with E-state index in [1.165, 1.54) is 10.6 Å². The van der Waals surface area contributed by atoms with Crippen LogP contribution in [0.25, 0.3) is 0 Å². The average molecular weight is 288 g/mol. The molecule has 3 heteroatoms. The normalized spacial score (nSPS) is 12.7. The van der Waals surface area contributed by atoms with E-state index in [2.05, 4.69) is 59.4 Å². The van der Waals surface area contributed by atoms with Crippen LogP contribution in [0.4, 0.5) is 0 Å². The van der Waals surface area contributed by atoms with E-state index in [0.717, 1.165) is 23.5 Å². The van der Waals surface area contributed by atoms with E-state index in [9.17, 15) is 0 Å². The van der Waals surface area contributed by atoms with Crippen LogP contribution in [0.15, 0.2) is 33.6 Å². The van der Waals surface area contributed by atoms with Gasteiger partial charge in [-0.2, -0.15) is 0 Å². The zero-order valence-corrected chi connectivity index (χ0v) is 11.7. The summed E-state index contributed by atoms with van der Waals surface area (Å²) in [6, 6.07) is 8.51. The van der Waals surface area contributed by atoms with Crippen molar-refractivity contribution in [2.75, 3.05) is 18.8 Å². The fourth-order valence-electron chi connectivity index (χ4n) is 1.22. The Balaban J connectivity index is 2.27. The first-order valence-corrected chi connectivity index (χ1v) is 7.09. The first kappa shape index (κ1) is 13.1. The van der Waals surface area contributed by atoms with E-state index < -0.39 is 0 Å². The molecule has 0 heterocycles. The maximum absolute atomic E-state index is 3.44. The van der Waals surface area contributed by atoms with Gasteiger partial charge in [0.25, 0.3) is 0 Å². The second kappa shape index (κ2) is 7.31.